The number of likely N-dealkylation sites (tertiary alicyclic amines) is 1. The van der Waals surface area contributed by atoms with E-state index in [0.29, 0.717) is 12.0 Å². The molecule has 0 amide bonds. The SMILES string of the molecule is c1cnn(C2CCN(CC3COCCOC3)C2)c1. The zero-order valence-corrected chi connectivity index (χ0v) is 10.7. The Labute approximate surface area is 108 Å². The van der Waals surface area contributed by atoms with E-state index in [1.165, 1.54) is 6.42 Å². The molecule has 3 heterocycles. The fraction of sp³-hybridized carbons (Fsp3) is 0.769. The van der Waals surface area contributed by atoms with Gasteiger partial charge in [-0.25, -0.2) is 0 Å². The highest BCUT2D eigenvalue weighted by Crippen LogP contribution is 2.21. The van der Waals surface area contributed by atoms with E-state index >= 15 is 0 Å². The normalized spacial score (nSPS) is 27.4. The molecule has 1 atom stereocenters. The van der Waals surface area contributed by atoms with Crippen molar-refractivity contribution >= 4 is 0 Å². The van der Waals surface area contributed by atoms with Gasteiger partial charge in [0.05, 0.1) is 32.5 Å². The molecule has 1 unspecified atom stereocenters. The van der Waals surface area contributed by atoms with Crippen LogP contribution in [0.4, 0.5) is 0 Å². The fourth-order valence-corrected chi connectivity index (χ4v) is 2.83. The van der Waals surface area contributed by atoms with E-state index in [0.717, 1.165) is 46.1 Å². The molecule has 0 aliphatic carbocycles. The maximum Gasteiger partial charge on any atom is 0.0700 e. The van der Waals surface area contributed by atoms with Gasteiger partial charge in [-0.15, -0.1) is 0 Å². The van der Waals surface area contributed by atoms with E-state index in [-0.39, 0.29) is 0 Å². The van der Waals surface area contributed by atoms with E-state index in [1.807, 2.05) is 12.3 Å². The zero-order valence-electron chi connectivity index (χ0n) is 10.7. The molecule has 3 rings (SSSR count). The van der Waals surface area contributed by atoms with Gasteiger partial charge in [0, 0.05) is 37.9 Å². The molecule has 2 fully saturated rings. The summed E-state index contributed by atoms with van der Waals surface area (Å²) in [6.07, 6.45) is 5.11. The monoisotopic (exact) mass is 251 g/mol. The van der Waals surface area contributed by atoms with Crippen LogP contribution in [0.15, 0.2) is 18.5 Å². The van der Waals surface area contributed by atoms with Crippen LogP contribution in [0.3, 0.4) is 0 Å². The van der Waals surface area contributed by atoms with Crippen molar-refractivity contribution in [1.29, 1.82) is 0 Å². The van der Waals surface area contributed by atoms with E-state index in [1.54, 1.807) is 0 Å². The second kappa shape index (κ2) is 5.82. The van der Waals surface area contributed by atoms with Gasteiger partial charge in [0.1, 0.15) is 0 Å². The smallest absolute Gasteiger partial charge is 0.0700 e. The van der Waals surface area contributed by atoms with Gasteiger partial charge >= 0.3 is 0 Å². The number of hydrogen-bond donors (Lipinski definition) is 0. The van der Waals surface area contributed by atoms with E-state index in [9.17, 15) is 0 Å². The van der Waals surface area contributed by atoms with Crippen molar-refractivity contribution in [1.82, 2.24) is 14.7 Å². The maximum absolute atomic E-state index is 5.55. The van der Waals surface area contributed by atoms with Crippen molar-refractivity contribution in [2.75, 3.05) is 46.1 Å². The fourth-order valence-electron chi connectivity index (χ4n) is 2.83. The molecule has 5 nitrogen and oxygen atoms in total. The van der Waals surface area contributed by atoms with Gasteiger partial charge in [-0.3, -0.25) is 4.68 Å². The maximum atomic E-state index is 5.55. The summed E-state index contributed by atoms with van der Waals surface area (Å²) in [5, 5.41) is 4.34. The molecule has 1 aromatic rings. The summed E-state index contributed by atoms with van der Waals surface area (Å²) in [5.74, 6) is 0.517. The van der Waals surface area contributed by atoms with Crippen LogP contribution in [0, 0.1) is 5.92 Å². The van der Waals surface area contributed by atoms with Crippen molar-refractivity contribution in [3.8, 4) is 0 Å². The number of hydrogen-bond acceptors (Lipinski definition) is 4. The Bertz CT molecular complexity index is 347. The largest absolute Gasteiger partial charge is 0.379 e. The summed E-state index contributed by atoms with van der Waals surface area (Å²) in [4.78, 5) is 2.51. The third kappa shape index (κ3) is 2.91. The van der Waals surface area contributed by atoms with Crippen LogP contribution in [0.2, 0.25) is 0 Å². The molecule has 0 saturated carbocycles. The van der Waals surface area contributed by atoms with Crippen molar-refractivity contribution in [3.63, 3.8) is 0 Å². The van der Waals surface area contributed by atoms with Crippen molar-refractivity contribution < 1.29 is 9.47 Å². The molecule has 5 heteroatoms. The van der Waals surface area contributed by atoms with Crippen LogP contribution in [-0.4, -0.2) is 60.7 Å². The van der Waals surface area contributed by atoms with Gasteiger partial charge in [-0.2, -0.15) is 5.10 Å². The predicted molar refractivity (Wildman–Crippen MR) is 67.4 cm³/mol. The van der Waals surface area contributed by atoms with Crippen LogP contribution < -0.4 is 0 Å². The lowest BCUT2D eigenvalue weighted by atomic mass is 10.1. The third-order valence-corrected chi connectivity index (χ3v) is 3.74. The molecule has 18 heavy (non-hydrogen) atoms. The predicted octanol–water partition coefficient (Wildman–Crippen LogP) is 0.793. The van der Waals surface area contributed by atoms with Gasteiger partial charge in [-0.05, 0) is 12.5 Å². The second-order valence-corrected chi connectivity index (χ2v) is 5.20. The van der Waals surface area contributed by atoms with Crippen LogP contribution in [0.1, 0.15) is 12.5 Å². The Balaban J connectivity index is 1.49. The number of aromatic nitrogens is 2. The van der Waals surface area contributed by atoms with E-state index in [4.69, 9.17) is 9.47 Å². The highest BCUT2D eigenvalue weighted by Gasteiger charge is 2.26. The second-order valence-electron chi connectivity index (χ2n) is 5.20. The van der Waals surface area contributed by atoms with Gasteiger partial charge in [-0.1, -0.05) is 0 Å². The van der Waals surface area contributed by atoms with Gasteiger partial charge in [0.25, 0.3) is 0 Å². The first-order chi connectivity index (χ1) is 8.92. The van der Waals surface area contributed by atoms with E-state index in [2.05, 4.69) is 20.9 Å². The average molecular weight is 251 g/mol. The minimum atomic E-state index is 0.517. The lowest BCUT2D eigenvalue weighted by Gasteiger charge is -2.21. The summed E-state index contributed by atoms with van der Waals surface area (Å²) in [5.41, 5.74) is 0. The molecule has 0 aromatic carbocycles. The van der Waals surface area contributed by atoms with Gasteiger partial charge in [0.15, 0.2) is 0 Å². The molecule has 0 N–H and O–H groups in total. The zero-order chi connectivity index (χ0) is 12.2. The number of rotatable bonds is 3. The van der Waals surface area contributed by atoms with Crippen molar-refractivity contribution in [2.24, 2.45) is 5.92 Å². The number of nitrogens with zero attached hydrogens (tertiary/aromatic N) is 3. The molecule has 100 valence electrons. The summed E-state index contributed by atoms with van der Waals surface area (Å²) in [7, 11) is 0. The molecular weight excluding hydrogens is 230 g/mol. The highest BCUT2D eigenvalue weighted by molar-refractivity contribution is 4.87. The molecule has 1 aromatic heterocycles. The van der Waals surface area contributed by atoms with Gasteiger partial charge < -0.3 is 14.4 Å². The lowest BCUT2D eigenvalue weighted by molar-refractivity contribution is 0.103. The molecule has 2 aliphatic rings. The van der Waals surface area contributed by atoms with Gasteiger partial charge in [0.2, 0.25) is 0 Å². The Morgan fingerprint density at radius 2 is 2.06 bits per heavy atom. The topological polar surface area (TPSA) is 39.5 Å². The quantitative estimate of drug-likeness (QED) is 0.796. The summed E-state index contributed by atoms with van der Waals surface area (Å²) >= 11 is 0. The molecule has 2 aliphatic heterocycles. The molecule has 0 bridgehead atoms. The lowest BCUT2D eigenvalue weighted by Crippen LogP contribution is -2.31. The molecule has 2 saturated heterocycles. The van der Waals surface area contributed by atoms with Crippen molar-refractivity contribution in [3.05, 3.63) is 18.5 Å². The summed E-state index contributed by atoms with van der Waals surface area (Å²) < 4.78 is 13.2. The van der Waals surface area contributed by atoms with Crippen LogP contribution in [0.5, 0.6) is 0 Å². The minimum absolute atomic E-state index is 0.517. The Kier molecular flexibility index (Phi) is 3.93. The third-order valence-electron chi connectivity index (χ3n) is 3.74. The first-order valence-corrected chi connectivity index (χ1v) is 6.79. The highest BCUT2D eigenvalue weighted by atomic mass is 16.5. The summed E-state index contributed by atoms with van der Waals surface area (Å²) in [6, 6.07) is 2.53. The first kappa shape index (κ1) is 12.1. The molecular formula is C13H21N3O2. The van der Waals surface area contributed by atoms with E-state index < -0.39 is 0 Å². The standard InChI is InChI=1S/C13H21N3O2/c1-3-14-16(4-1)13-2-5-15(9-13)8-12-10-17-6-7-18-11-12/h1,3-4,12-13H,2,5-11H2. The Morgan fingerprint density at radius 1 is 1.22 bits per heavy atom. The minimum Gasteiger partial charge on any atom is -0.379 e. The van der Waals surface area contributed by atoms with Crippen LogP contribution in [-0.2, 0) is 9.47 Å². The Hall–Kier alpha value is -0.910. The average Bonchev–Trinajstić information content (AvgIpc) is 2.98. The summed E-state index contributed by atoms with van der Waals surface area (Å²) in [6.45, 7) is 6.49. The first-order valence-electron chi connectivity index (χ1n) is 6.79. The van der Waals surface area contributed by atoms with Crippen LogP contribution >= 0.6 is 0 Å². The molecule has 0 spiro atoms. The van der Waals surface area contributed by atoms with Crippen molar-refractivity contribution in [2.45, 2.75) is 12.5 Å². The Morgan fingerprint density at radius 3 is 2.78 bits per heavy atom. The number of ether oxygens (including phenoxy) is 2. The molecule has 0 radical (unpaired) electrons. The van der Waals surface area contributed by atoms with Crippen LogP contribution in [0.25, 0.3) is 0 Å².